The van der Waals surface area contributed by atoms with E-state index in [9.17, 15) is 0 Å². The molecule has 72 valence electrons. The molecule has 0 saturated carbocycles. The third-order valence-corrected chi connectivity index (χ3v) is 1.54. The van der Waals surface area contributed by atoms with Gasteiger partial charge in [-0.05, 0) is 20.4 Å². The zero-order chi connectivity index (χ0) is 9.73. The first kappa shape index (κ1) is 9.85. The number of aromatic nitrogens is 3. The number of nitrogens with zero attached hydrogens (tertiary/aromatic N) is 3. The van der Waals surface area contributed by atoms with Crippen molar-refractivity contribution in [3.8, 4) is 0 Å². The molecule has 1 aromatic heterocycles. The van der Waals surface area contributed by atoms with E-state index in [1.54, 1.807) is 0 Å². The Morgan fingerprint density at radius 3 is 2.46 bits per heavy atom. The molecule has 0 aliphatic carbocycles. The van der Waals surface area contributed by atoms with Crippen LogP contribution in [0.15, 0.2) is 12.7 Å². The monoisotopic (exact) mass is 181 g/mol. The van der Waals surface area contributed by atoms with Crippen LogP contribution in [-0.2, 0) is 0 Å². The Morgan fingerprint density at radius 2 is 1.92 bits per heavy atom. The van der Waals surface area contributed by atoms with Crippen LogP contribution >= 0.6 is 0 Å². The minimum atomic E-state index is -0.198. The Morgan fingerprint density at radius 1 is 1.31 bits per heavy atom. The highest BCUT2D eigenvalue weighted by atomic mass is 15.2. The summed E-state index contributed by atoms with van der Waals surface area (Å²) in [6.45, 7) is 7.00. The number of hydrogen-bond donors (Lipinski definition) is 2. The van der Waals surface area contributed by atoms with Crippen LogP contribution in [0.1, 0.15) is 20.8 Å². The molecular formula is C8H15N5. The molecule has 0 radical (unpaired) electrons. The van der Waals surface area contributed by atoms with E-state index in [2.05, 4.69) is 32.5 Å². The van der Waals surface area contributed by atoms with Gasteiger partial charge in [0.15, 0.2) is 0 Å². The summed E-state index contributed by atoms with van der Waals surface area (Å²) in [7, 11) is 0. The predicted molar refractivity (Wildman–Crippen MR) is 51.2 cm³/mol. The molecule has 0 atom stereocenters. The van der Waals surface area contributed by atoms with Crippen LogP contribution in [0.25, 0.3) is 0 Å². The van der Waals surface area contributed by atoms with E-state index in [0.717, 1.165) is 6.54 Å². The molecule has 5 heteroatoms. The van der Waals surface area contributed by atoms with E-state index in [4.69, 9.17) is 0 Å². The molecule has 0 aliphatic rings. The quantitative estimate of drug-likeness (QED) is 0.667. The van der Waals surface area contributed by atoms with Gasteiger partial charge < -0.3 is 5.32 Å². The van der Waals surface area contributed by atoms with Crippen molar-refractivity contribution in [3.05, 3.63) is 12.7 Å². The largest absolute Gasteiger partial charge is 0.337 e. The van der Waals surface area contributed by atoms with E-state index in [-0.39, 0.29) is 5.66 Å². The minimum Gasteiger partial charge on any atom is -0.337 e. The van der Waals surface area contributed by atoms with Crippen molar-refractivity contribution in [2.45, 2.75) is 26.4 Å². The summed E-state index contributed by atoms with van der Waals surface area (Å²) in [6, 6.07) is 0. The first-order valence-corrected chi connectivity index (χ1v) is 4.29. The van der Waals surface area contributed by atoms with E-state index in [1.807, 2.05) is 13.8 Å². The van der Waals surface area contributed by atoms with Crippen molar-refractivity contribution in [1.29, 1.82) is 0 Å². The fourth-order valence-electron chi connectivity index (χ4n) is 1.07. The fourth-order valence-corrected chi connectivity index (χ4v) is 1.07. The lowest BCUT2D eigenvalue weighted by Crippen LogP contribution is -2.46. The number of rotatable bonds is 4. The van der Waals surface area contributed by atoms with Gasteiger partial charge in [0.05, 0.1) is 5.66 Å². The van der Waals surface area contributed by atoms with Crippen molar-refractivity contribution in [2.24, 2.45) is 0 Å². The zero-order valence-corrected chi connectivity index (χ0v) is 8.20. The number of nitrogens with one attached hydrogen (secondary N) is 2. The highest BCUT2D eigenvalue weighted by Crippen LogP contribution is 2.04. The van der Waals surface area contributed by atoms with Gasteiger partial charge in [0.25, 0.3) is 0 Å². The van der Waals surface area contributed by atoms with Crippen molar-refractivity contribution in [3.63, 3.8) is 0 Å². The van der Waals surface area contributed by atoms with E-state index in [1.165, 1.54) is 12.7 Å². The Kier molecular flexibility index (Phi) is 3.13. The zero-order valence-electron chi connectivity index (χ0n) is 8.20. The van der Waals surface area contributed by atoms with Crippen LogP contribution in [0.2, 0.25) is 0 Å². The van der Waals surface area contributed by atoms with Crippen molar-refractivity contribution in [2.75, 3.05) is 11.9 Å². The second-order valence-corrected chi connectivity index (χ2v) is 3.24. The summed E-state index contributed by atoms with van der Waals surface area (Å²) in [5, 5.41) is 6.40. The van der Waals surface area contributed by atoms with Crippen molar-refractivity contribution >= 4 is 5.95 Å². The lowest BCUT2D eigenvalue weighted by atomic mass is 10.2. The first-order valence-electron chi connectivity index (χ1n) is 4.29. The van der Waals surface area contributed by atoms with E-state index in [0.29, 0.717) is 5.95 Å². The lowest BCUT2D eigenvalue weighted by Gasteiger charge is -2.26. The lowest BCUT2D eigenvalue weighted by molar-refractivity contribution is 0.450. The maximum Gasteiger partial charge on any atom is 0.227 e. The van der Waals surface area contributed by atoms with Gasteiger partial charge in [-0.1, -0.05) is 6.92 Å². The van der Waals surface area contributed by atoms with Crippen LogP contribution in [0, 0.1) is 0 Å². The molecule has 0 aliphatic heterocycles. The molecule has 0 spiro atoms. The average Bonchev–Trinajstić information content (AvgIpc) is 2.04. The first-order chi connectivity index (χ1) is 6.14. The molecule has 0 fully saturated rings. The molecule has 2 N–H and O–H groups in total. The van der Waals surface area contributed by atoms with Gasteiger partial charge >= 0.3 is 0 Å². The summed E-state index contributed by atoms with van der Waals surface area (Å²) in [5.41, 5.74) is -0.198. The molecule has 13 heavy (non-hydrogen) atoms. The maximum atomic E-state index is 3.97. The third kappa shape index (κ3) is 3.33. The van der Waals surface area contributed by atoms with Crippen LogP contribution in [0.3, 0.4) is 0 Å². The maximum absolute atomic E-state index is 3.97. The van der Waals surface area contributed by atoms with Crippen LogP contribution < -0.4 is 10.6 Å². The second-order valence-electron chi connectivity index (χ2n) is 3.24. The summed E-state index contributed by atoms with van der Waals surface area (Å²) in [4.78, 5) is 11.7. The molecule has 0 amide bonds. The van der Waals surface area contributed by atoms with Gasteiger partial charge in [0.2, 0.25) is 5.95 Å². The van der Waals surface area contributed by atoms with Crippen LogP contribution in [-0.4, -0.2) is 27.2 Å². The molecule has 0 bridgehead atoms. The summed E-state index contributed by atoms with van der Waals surface area (Å²) in [6.07, 6.45) is 2.94. The van der Waals surface area contributed by atoms with Crippen molar-refractivity contribution < 1.29 is 0 Å². The molecule has 1 aromatic rings. The number of hydrogen-bond acceptors (Lipinski definition) is 5. The highest BCUT2D eigenvalue weighted by Gasteiger charge is 2.15. The van der Waals surface area contributed by atoms with Gasteiger partial charge in [-0.3, -0.25) is 5.32 Å². The predicted octanol–water partition coefficient (Wildman–Crippen LogP) is 0.629. The van der Waals surface area contributed by atoms with Gasteiger partial charge in [0, 0.05) is 0 Å². The molecule has 0 saturated heterocycles. The van der Waals surface area contributed by atoms with Gasteiger partial charge in [-0.15, -0.1) is 0 Å². The summed E-state index contributed by atoms with van der Waals surface area (Å²) < 4.78 is 0. The third-order valence-electron chi connectivity index (χ3n) is 1.54. The molecule has 0 aromatic carbocycles. The Labute approximate surface area is 78.0 Å². The summed E-state index contributed by atoms with van der Waals surface area (Å²) in [5.74, 6) is 0.584. The molecule has 1 rings (SSSR count). The molecular weight excluding hydrogens is 166 g/mol. The van der Waals surface area contributed by atoms with E-state index < -0.39 is 0 Å². The smallest absolute Gasteiger partial charge is 0.227 e. The Hall–Kier alpha value is -1.23. The van der Waals surface area contributed by atoms with E-state index >= 15 is 0 Å². The Bertz CT molecular complexity index is 246. The topological polar surface area (TPSA) is 62.7 Å². The molecule has 5 nitrogen and oxygen atoms in total. The SMILES string of the molecule is CCNC(C)(C)Nc1ncncn1. The highest BCUT2D eigenvalue weighted by molar-refractivity contribution is 5.24. The average molecular weight is 181 g/mol. The van der Waals surface area contributed by atoms with Crippen molar-refractivity contribution in [1.82, 2.24) is 20.3 Å². The number of anilines is 1. The standard InChI is InChI=1S/C8H15N5/c1-4-12-8(2,3)13-7-10-5-9-6-11-7/h5-6,12H,4H2,1-3H3,(H,9,10,11,13). The summed E-state index contributed by atoms with van der Waals surface area (Å²) >= 11 is 0. The van der Waals surface area contributed by atoms with Gasteiger partial charge in [-0.2, -0.15) is 0 Å². The van der Waals surface area contributed by atoms with Crippen LogP contribution in [0.5, 0.6) is 0 Å². The van der Waals surface area contributed by atoms with Gasteiger partial charge in [0.1, 0.15) is 12.7 Å². The normalized spacial score (nSPS) is 11.3. The fraction of sp³-hybridized carbons (Fsp3) is 0.625. The minimum absolute atomic E-state index is 0.198. The Balaban J connectivity index is 2.58. The second kappa shape index (κ2) is 4.13. The van der Waals surface area contributed by atoms with Crippen LogP contribution in [0.4, 0.5) is 5.95 Å². The van der Waals surface area contributed by atoms with Gasteiger partial charge in [-0.25, -0.2) is 15.0 Å². The molecule has 1 heterocycles. The molecule has 0 unspecified atom stereocenters.